The fourth-order valence-electron chi connectivity index (χ4n) is 4.04. The summed E-state index contributed by atoms with van der Waals surface area (Å²) in [5.74, 6) is -0.783. The molecule has 2 aliphatic rings. The number of anilines is 1. The molecule has 2 aromatic rings. The third-order valence-corrected chi connectivity index (χ3v) is 7.86. The van der Waals surface area contributed by atoms with Crippen molar-refractivity contribution in [3.63, 3.8) is 0 Å². The number of primary amides is 1. The highest BCUT2D eigenvalue weighted by Crippen LogP contribution is 2.52. The molecule has 1 aromatic heterocycles. The number of benzene rings is 1. The second kappa shape index (κ2) is 11.0. The van der Waals surface area contributed by atoms with E-state index < -0.39 is 16.3 Å². The largest absolute Gasteiger partial charge is 0.486 e. The zero-order chi connectivity index (χ0) is 25.9. The van der Waals surface area contributed by atoms with Crippen LogP contribution in [0.25, 0.3) is 0 Å². The number of rotatable bonds is 11. The number of nitrogens with two attached hydrogens (primary N) is 2. The number of alkyl halides is 2. The number of carbonyl (C=O) groups is 3. The molecule has 192 valence electrons. The molecule has 1 aliphatic heterocycles. The summed E-state index contributed by atoms with van der Waals surface area (Å²) in [4.78, 5) is 43.2. The lowest BCUT2D eigenvalue weighted by atomic mass is 10.1. The molecule has 3 amide bonds. The first-order valence-corrected chi connectivity index (χ1v) is 13.1. The maximum Gasteiger partial charge on any atom is 0.313 e. The topological polar surface area (TPSA) is 152 Å². The lowest BCUT2D eigenvalue weighted by molar-refractivity contribution is -0.137. The molecule has 2 fully saturated rings. The van der Waals surface area contributed by atoms with Crippen molar-refractivity contribution in [2.75, 3.05) is 25.0 Å². The maximum atomic E-state index is 13.0. The van der Waals surface area contributed by atoms with Crippen LogP contribution in [0.15, 0.2) is 29.8 Å². The molecule has 13 heteroatoms. The zero-order valence-corrected chi connectivity index (χ0v) is 21.7. The molecule has 6 N–H and O–H groups in total. The number of thiazole rings is 1. The number of hydrogen-bond acceptors (Lipinski definition) is 7. The van der Waals surface area contributed by atoms with Crippen molar-refractivity contribution in [2.24, 2.45) is 11.7 Å². The number of aromatic nitrogens is 1. The summed E-state index contributed by atoms with van der Waals surface area (Å²) in [6, 6.07) is 4.37. The Labute approximate surface area is 222 Å². The summed E-state index contributed by atoms with van der Waals surface area (Å²) >= 11 is 13.5. The highest BCUT2D eigenvalue weighted by Gasteiger charge is 2.51. The molecule has 36 heavy (non-hydrogen) atoms. The number of halogens is 2. The normalized spacial score (nSPS) is 20.0. The average molecular weight is 554 g/mol. The van der Waals surface area contributed by atoms with Crippen LogP contribution in [0.2, 0.25) is 0 Å². The van der Waals surface area contributed by atoms with Gasteiger partial charge >= 0.3 is 5.91 Å². The van der Waals surface area contributed by atoms with Gasteiger partial charge in [-0.25, -0.2) is 10.4 Å². The van der Waals surface area contributed by atoms with Crippen molar-refractivity contribution in [1.82, 2.24) is 15.2 Å². The smallest absolute Gasteiger partial charge is 0.313 e. The zero-order valence-electron chi connectivity index (χ0n) is 19.3. The Balaban J connectivity index is 1.38. The van der Waals surface area contributed by atoms with Gasteiger partial charge in [0.15, 0.2) is 0 Å². The molecule has 4 rings (SSSR count). The number of ether oxygens (including phenoxy) is 1. The van der Waals surface area contributed by atoms with Crippen LogP contribution in [-0.4, -0.2) is 63.3 Å². The first-order valence-electron chi connectivity index (χ1n) is 11.4. The van der Waals surface area contributed by atoms with Crippen molar-refractivity contribution in [3.05, 3.63) is 40.3 Å². The summed E-state index contributed by atoms with van der Waals surface area (Å²) in [5.41, 5.74) is 5.99. The first-order chi connectivity index (χ1) is 17.2. The molecule has 0 unspecified atom stereocenters. The third kappa shape index (κ3) is 6.26. The summed E-state index contributed by atoms with van der Waals surface area (Å²) in [6.45, 7) is 1.01. The quantitative estimate of drug-likeness (QED) is 0.234. The SMILES string of the molecule is NC(=O)C(=[NH2+])c1cc(OCc2nccs2)ccc1NCC(=O)N1CCC[C@H]1C(=O)NC[C@H]1CC1(Cl)Cl. The van der Waals surface area contributed by atoms with Gasteiger partial charge in [0.25, 0.3) is 5.71 Å². The van der Waals surface area contributed by atoms with Crippen LogP contribution in [0.1, 0.15) is 29.8 Å². The minimum atomic E-state index is -0.800. The number of nitrogens with one attached hydrogen (secondary N) is 2. The van der Waals surface area contributed by atoms with Gasteiger partial charge in [0.2, 0.25) is 11.8 Å². The Hall–Kier alpha value is -2.89. The van der Waals surface area contributed by atoms with Crippen LogP contribution >= 0.6 is 34.5 Å². The van der Waals surface area contributed by atoms with E-state index in [1.165, 1.54) is 11.3 Å². The Bertz CT molecular complexity index is 1160. The number of nitrogens with zero attached hydrogens (tertiary/aromatic N) is 2. The molecule has 1 aliphatic carbocycles. The van der Waals surface area contributed by atoms with Gasteiger partial charge in [-0.05, 0) is 37.5 Å². The number of carbonyl (C=O) groups excluding carboxylic acids is 3. The van der Waals surface area contributed by atoms with E-state index in [1.807, 2.05) is 5.38 Å². The first kappa shape index (κ1) is 26.2. The van der Waals surface area contributed by atoms with Crippen molar-refractivity contribution in [2.45, 2.75) is 36.2 Å². The lowest BCUT2D eigenvalue weighted by Crippen LogP contribution is -2.49. The Kier molecular flexibility index (Phi) is 8.01. The summed E-state index contributed by atoms with van der Waals surface area (Å²) < 4.78 is 4.97. The predicted octanol–water partition coefficient (Wildman–Crippen LogP) is 0.468. The van der Waals surface area contributed by atoms with Crippen molar-refractivity contribution in [3.8, 4) is 5.75 Å². The van der Waals surface area contributed by atoms with E-state index in [2.05, 4.69) is 15.6 Å². The van der Waals surface area contributed by atoms with E-state index in [9.17, 15) is 14.4 Å². The molecule has 2 atom stereocenters. The van der Waals surface area contributed by atoms with Crippen LogP contribution in [0.4, 0.5) is 5.69 Å². The van der Waals surface area contributed by atoms with Crippen molar-refractivity contribution < 1.29 is 24.5 Å². The molecule has 1 aromatic carbocycles. The fourth-order valence-corrected chi connectivity index (χ4v) is 5.09. The van der Waals surface area contributed by atoms with E-state index in [4.69, 9.17) is 39.1 Å². The number of hydrogen-bond donors (Lipinski definition) is 4. The predicted molar refractivity (Wildman–Crippen MR) is 137 cm³/mol. The van der Waals surface area contributed by atoms with Crippen molar-refractivity contribution in [1.29, 1.82) is 0 Å². The Morgan fingerprint density at radius 2 is 2.11 bits per heavy atom. The highest BCUT2D eigenvalue weighted by atomic mass is 35.5. The van der Waals surface area contributed by atoms with Crippen LogP contribution in [0, 0.1) is 5.92 Å². The monoisotopic (exact) mass is 553 g/mol. The lowest BCUT2D eigenvalue weighted by Gasteiger charge is -2.24. The molecule has 1 saturated heterocycles. The molecule has 1 saturated carbocycles. The fraction of sp³-hybridized carbons (Fsp3) is 0.435. The van der Waals surface area contributed by atoms with Gasteiger partial charge < -0.3 is 26.0 Å². The molecule has 0 bridgehead atoms. The second-order valence-corrected chi connectivity index (χ2v) is 11.2. The maximum absolute atomic E-state index is 13.0. The van der Waals surface area contributed by atoms with E-state index in [-0.39, 0.29) is 36.6 Å². The minimum absolute atomic E-state index is 0.0240. The van der Waals surface area contributed by atoms with Gasteiger partial charge in [0.05, 0.1) is 12.1 Å². The Morgan fingerprint density at radius 1 is 1.33 bits per heavy atom. The van der Waals surface area contributed by atoms with Gasteiger partial charge in [-0.3, -0.25) is 14.4 Å². The minimum Gasteiger partial charge on any atom is -0.486 e. The summed E-state index contributed by atoms with van der Waals surface area (Å²) in [5, 5.41) is 14.5. The van der Waals surface area contributed by atoms with E-state index >= 15 is 0 Å². The van der Waals surface area contributed by atoms with Crippen LogP contribution in [-0.2, 0) is 21.0 Å². The van der Waals surface area contributed by atoms with E-state index in [0.717, 1.165) is 11.4 Å². The summed E-state index contributed by atoms with van der Waals surface area (Å²) in [7, 11) is 0. The van der Waals surface area contributed by atoms with Crippen molar-refractivity contribution >= 4 is 63.7 Å². The average Bonchev–Trinajstić information content (AvgIpc) is 3.29. The molecular weight excluding hydrogens is 527 g/mol. The number of likely N-dealkylation sites (tertiary alicyclic amines) is 1. The molecular formula is C23H27Cl2N6O4S+. The van der Waals surface area contributed by atoms with Gasteiger partial charge in [-0.1, -0.05) is 0 Å². The Morgan fingerprint density at radius 3 is 2.78 bits per heavy atom. The van der Waals surface area contributed by atoms with E-state index in [1.54, 1.807) is 29.3 Å². The van der Waals surface area contributed by atoms with Gasteiger partial charge in [-0.2, -0.15) is 0 Å². The standard InChI is InChI=1S/C23H26Cl2N6O4S/c24-23(25)9-13(23)10-30-22(34)17-2-1-6-31(17)19(32)11-29-16-4-3-14(8-15(16)20(26)21(27)33)35-12-18-28-5-7-36-18/h3-5,7-8,13,17,26,29H,1-2,6,9-12H2,(H2,27,33)(H,30,34)/p+1/t13-,17+/m1/s1. The van der Waals surface area contributed by atoms with Gasteiger partial charge in [-0.15, -0.1) is 34.5 Å². The second-order valence-electron chi connectivity index (χ2n) is 8.71. The van der Waals surface area contributed by atoms with Gasteiger partial charge in [0, 0.05) is 36.3 Å². The summed E-state index contributed by atoms with van der Waals surface area (Å²) in [6.07, 6.45) is 3.62. The van der Waals surface area contributed by atoms with Crippen LogP contribution in [0.5, 0.6) is 5.75 Å². The highest BCUT2D eigenvalue weighted by molar-refractivity contribution is 7.09. The van der Waals surface area contributed by atoms with Gasteiger partial charge in [0.1, 0.15) is 27.7 Å². The van der Waals surface area contributed by atoms with Crippen LogP contribution < -0.4 is 26.5 Å². The molecule has 0 spiro atoms. The van der Waals surface area contributed by atoms with Crippen LogP contribution in [0.3, 0.4) is 0 Å². The molecule has 0 radical (unpaired) electrons. The molecule has 10 nitrogen and oxygen atoms in total. The number of amides is 3. The van der Waals surface area contributed by atoms with E-state index in [0.29, 0.717) is 42.9 Å². The molecule has 2 heterocycles. The third-order valence-electron chi connectivity index (χ3n) is 6.18.